The molecule has 2 heterocycles. The van der Waals surface area contributed by atoms with Crippen LogP contribution in [0.15, 0.2) is 35.3 Å². The van der Waals surface area contributed by atoms with Crippen molar-refractivity contribution in [1.82, 2.24) is 20.6 Å². The number of aromatic nitrogens is 2. The van der Waals surface area contributed by atoms with Gasteiger partial charge in [0.05, 0.1) is 12.6 Å². The quantitative estimate of drug-likeness (QED) is 0.279. The van der Waals surface area contributed by atoms with Crippen LogP contribution >= 0.6 is 12.2 Å². The predicted molar refractivity (Wildman–Crippen MR) is 144 cm³/mol. The number of nitrogens with zero attached hydrogens (tertiary/aromatic N) is 3. The van der Waals surface area contributed by atoms with Gasteiger partial charge in [-0.05, 0) is 104 Å². The van der Waals surface area contributed by atoms with Crippen LogP contribution < -0.4 is 26.0 Å². The second kappa shape index (κ2) is 10.7. The lowest BCUT2D eigenvalue weighted by Gasteiger charge is -2.45. The van der Waals surface area contributed by atoms with Gasteiger partial charge in [0.25, 0.3) is 0 Å². The SMILES string of the molecule is CCOc1ccc(NC(=S)NC(=NC2CC(C)(C)NC(C)(C)C2)Nc2nc(C)cc(C)n2)cc1. The number of guanidine groups is 1. The van der Waals surface area contributed by atoms with Crippen LogP contribution in [0.2, 0.25) is 0 Å². The van der Waals surface area contributed by atoms with Gasteiger partial charge in [-0.3, -0.25) is 5.32 Å². The van der Waals surface area contributed by atoms with E-state index in [0.717, 1.165) is 35.7 Å². The van der Waals surface area contributed by atoms with E-state index in [0.29, 0.717) is 23.6 Å². The highest BCUT2D eigenvalue weighted by Crippen LogP contribution is 2.30. The summed E-state index contributed by atoms with van der Waals surface area (Å²) in [5, 5.41) is 13.8. The number of hydrogen-bond donors (Lipinski definition) is 4. The Kier molecular flexibility index (Phi) is 8.09. The summed E-state index contributed by atoms with van der Waals surface area (Å²) >= 11 is 5.59. The zero-order chi connectivity index (χ0) is 24.9. The van der Waals surface area contributed by atoms with Gasteiger partial charge < -0.3 is 20.7 Å². The number of benzene rings is 1. The molecule has 2 aromatic rings. The number of aliphatic imine (C=N–C) groups is 1. The number of aryl methyl sites for hydroxylation is 2. The van der Waals surface area contributed by atoms with E-state index in [1.54, 1.807) is 0 Å². The Morgan fingerprint density at radius 1 is 1.06 bits per heavy atom. The number of hydrogen-bond acceptors (Lipinski definition) is 6. The van der Waals surface area contributed by atoms with Crippen LogP contribution in [0.3, 0.4) is 0 Å². The first kappa shape index (κ1) is 25.8. The highest BCUT2D eigenvalue weighted by molar-refractivity contribution is 7.80. The fourth-order valence-electron chi connectivity index (χ4n) is 4.60. The average molecular weight is 484 g/mol. The molecule has 0 spiro atoms. The molecule has 1 aliphatic heterocycles. The summed E-state index contributed by atoms with van der Waals surface area (Å²) in [5.74, 6) is 1.82. The van der Waals surface area contributed by atoms with Crippen LogP contribution in [-0.4, -0.2) is 44.8 Å². The van der Waals surface area contributed by atoms with E-state index in [1.165, 1.54) is 0 Å². The van der Waals surface area contributed by atoms with E-state index in [2.05, 4.69) is 58.9 Å². The summed E-state index contributed by atoms with van der Waals surface area (Å²) < 4.78 is 5.51. The first-order valence-electron chi connectivity index (χ1n) is 11.7. The fraction of sp³-hybridized carbons (Fsp3) is 0.520. The minimum Gasteiger partial charge on any atom is -0.494 e. The molecule has 1 aromatic heterocycles. The van der Waals surface area contributed by atoms with Gasteiger partial charge in [0.15, 0.2) is 5.11 Å². The first-order valence-corrected chi connectivity index (χ1v) is 12.1. The molecular weight excluding hydrogens is 446 g/mol. The van der Waals surface area contributed by atoms with Crippen LogP contribution in [-0.2, 0) is 0 Å². The van der Waals surface area contributed by atoms with Crippen molar-refractivity contribution < 1.29 is 4.74 Å². The molecule has 0 atom stereocenters. The number of anilines is 2. The van der Waals surface area contributed by atoms with Crippen molar-refractivity contribution in [3.05, 3.63) is 41.7 Å². The maximum absolute atomic E-state index is 5.59. The molecule has 0 aliphatic carbocycles. The molecule has 0 bridgehead atoms. The summed E-state index contributed by atoms with van der Waals surface area (Å²) in [7, 11) is 0. The largest absolute Gasteiger partial charge is 0.494 e. The van der Waals surface area contributed by atoms with E-state index in [-0.39, 0.29) is 17.1 Å². The Balaban J connectivity index is 1.80. The summed E-state index contributed by atoms with van der Waals surface area (Å²) in [6, 6.07) is 9.70. The van der Waals surface area contributed by atoms with Crippen molar-refractivity contribution in [3.8, 4) is 5.75 Å². The third-order valence-electron chi connectivity index (χ3n) is 5.35. The Hall–Kier alpha value is -2.78. The molecule has 184 valence electrons. The first-order chi connectivity index (χ1) is 15.9. The van der Waals surface area contributed by atoms with E-state index in [1.807, 2.05) is 51.1 Å². The van der Waals surface area contributed by atoms with Crippen molar-refractivity contribution in [2.24, 2.45) is 4.99 Å². The molecule has 34 heavy (non-hydrogen) atoms. The Morgan fingerprint density at radius 3 is 2.21 bits per heavy atom. The monoisotopic (exact) mass is 483 g/mol. The normalized spacial score (nSPS) is 17.7. The van der Waals surface area contributed by atoms with Gasteiger partial charge in [-0.2, -0.15) is 0 Å². The number of piperidine rings is 1. The summed E-state index contributed by atoms with van der Waals surface area (Å²) in [5.41, 5.74) is 2.56. The number of rotatable bonds is 5. The minimum atomic E-state index is -0.0293. The lowest BCUT2D eigenvalue weighted by atomic mass is 9.80. The molecule has 0 saturated carbocycles. The lowest BCUT2D eigenvalue weighted by molar-refractivity contribution is 0.164. The molecule has 1 saturated heterocycles. The van der Waals surface area contributed by atoms with E-state index >= 15 is 0 Å². The highest BCUT2D eigenvalue weighted by Gasteiger charge is 2.37. The second-order valence-electron chi connectivity index (χ2n) is 10.1. The topological polar surface area (TPSA) is 95.5 Å². The second-order valence-corrected chi connectivity index (χ2v) is 10.5. The lowest BCUT2D eigenvalue weighted by Crippen LogP contribution is -2.59. The molecule has 1 aliphatic rings. The van der Waals surface area contributed by atoms with Gasteiger partial charge >= 0.3 is 0 Å². The van der Waals surface area contributed by atoms with Crippen molar-refractivity contribution in [3.63, 3.8) is 0 Å². The van der Waals surface area contributed by atoms with Crippen molar-refractivity contribution in [2.75, 3.05) is 17.2 Å². The Morgan fingerprint density at radius 2 is 1.65 bits per heavy atom. The maximum Gasteiger partial charge on any atom is 0.229 e. The molecule has 3 rings (SSSR count). The van der Waals surface area contributed by atoms with E-state index in [4.69, 9.17) is 21.9 Å². The molecule has 0 unspecified atom stereocenters. The highest BCUT2D eigenvalue weighted by atomic mass is 32.1. The fourth-order valence-corrected chi connectivity index (χ4v) is 4.81. The van der Waals surface area contributed by atoms with Crippen LogP contribution in [0, 0.1) is 13.8 Å². The Labute approximate surface area is 208 Å². The number of nitrogens with one attached hydrogen (secondary N) is 4. The van der Waals surface area contributed by atoms with Crippen LogP contribution in [0.1, 0.15) is 58.8 Å². The molecule has 1 fully saturated rings. The van der Waals surface area contributed by atoms with Crippen molar-refractivity contribution in [2.45, 2.75) is 78.4 Å². The molecule has 4 N–H and O–H groups in total. The van der Waals surface area contributed by atoms with Crippen LogP contribution in [0.5, 0.6) is 5.75 Å². The van der Waals surface area contributed by atoms with Gasteiger partial charge in [-0.1, -0.05) is 0 Å². The van der Waals surface area contributed by atoms with Crippen LogP contribution in [0.25, 0.3) is 0 Å². The van der Waals surface area contributed by atoms with E-state index < -0.39 is 0 Å². The molecule has 8 nitrogen and oxygen atoms in total. The van der Waals surface area contributed by atoms with Gasteiger partial charge in [0.1, 0.15) is 5.75 Å². The number of thiocarbonyl (C=S) groups is 1. The number of ether oxygens (including phenoxy) is 1. The summed E-state index contributed by atoms with van der Waals surface area (Å²) in [4.78, 5) is 14.0. The molecule has 0 amide bonds. The third kappa shape index (κ3) is 7.92. The van der Waals surface area contributed by atoms with Gasteiger partial charge in [-0.15, -0.1) is 0 Å². The molecular formula is C25H37N7OS. The molecule has 1 aromatic carbocycles. The van der Waals surface area contributed by atoms with Crippen molar-refractivity contribution in [1.29, 1.82) is 0 Å². The smallest absolute Gasteiger partial charge is 0.229 e. The molecule has 9 heteroatoms. The average Bonchev–Trinajstić information content (AvgIpc) is 2.66. The summed E-state index contributed by atoms with van der Waals surface area (Å²) in [6.45, 7) is 15.3. The third-order valence-corrected chi connectivity index (χ3v) is 5.55. The summed E-state index contributed by atoms with van der Waals surface area (Å²) in [6.07, 6.45) is 1.80. The van der Waals surface area contributed by atoms with Crippen molar-refractivity contribution >= 4 is 34.9 Å². The molecule has 0 radical (unpaired) electrons. The van der Waals surface area contributed by atoms with Crippen LogP contribution in [0.4, 0.5) is 11.6 Å². The van der Waals surface area contributed by atoms with Gasteiger partial charge in [0, 0.05) is 28.2 Å². The van der Waals surface area contributed by atoms with Gasteiger partial charge in [0.2, 0.25) is 11.9 Å². The zero-order valence-corrected chi connectivity index (χ0v) is 22.1. The minimum absolute atomic E-state index is 0.0293. The zero-order valence-electron chi connectivity index (χ0n) is 21.2. The Bertz CT molecular complexity index is 998. The van der Waals surface area contributed by atoms with Gasteiger partial charge in [-0.25, -0.2) is 15.0 Å². The standard InChI is InChI=1S/C25H37N7OS/c1-8-33-20-11-9-18(10-12-20)29-23(34)31-22(30-21-26-16(2)13-17(3)27-21)28-19-14-24(4,5)32-25(6,7)15-19/h9-13,19,32H,8,14-15H2,1-7H3,(H3,26,27,28,29,30,31,34). The predicted octanol–water partition coefficient (Wildman–Crippen LogP) is 4.56. The maximum atomic E-state index is 5.59. The van der Waals surface area contributed by atoms with E-state index in [9.17, 15) is 0 Å².